The Hall–Kier alpha value is -0.270. The lowest BCUT2D eigenvalue weighted by atomic mass is 10.00. The molecule has 0 saturated carbocycles. The minimum absolute atomic E-state index is 0.154. The van der Waals surface area contributed by atoms with Crippen LogP contribution in [0, 0.1) is 6.92 Å². The number of ketones is 1. The zero-order chi connectivity index (χ0) is 19.9. The van der Waals surface area contributed by atoms with Crippen LogP contribution in [-0.2, 0) is 30.8 Å². The van der Waals surface area contributed by atoms with Gasteiger partial charge in [-0.1, -0.05) is 23.2 Å². The second-order valence-electron chi connectivity index (χ2n) is 5.04. The van der Waals surface area contributed by atoms with Gasteiger partial charge in [-0.2, -0.15) is 0 Å². The summed E-state index contributed by atoms with van der Waals surface area (Å²) in [5, 5.41) is 0.683. The minimum atomic E-state index is -1.71. The number of hydrogen-bond donors (Lipinski definition) is 0. The van der Waals surface area contributed by atoms with Crippen molar-refractivity contribution in [2.75, 3.05) is 20.3 Å². The Balaban J connectivity index is 3.52. The zero-order valence-corrected chi connectivity index (χ0v) is 18.9. The van der Waals surface area contributed by atoms with Crippen molar-refractivity contribution in [3.63, 3.8) is 0 Å². The largest absolute Gasteiger partial charge is 0.466 e. The Morgan fingerprint density at radius 3 is 2.27 bits per heavy atom. The molecule has 0 aliphatic heterocycles. The average Bonchev–Trinajstić information content (AvgIpc) is 2.62. The third-order valence-electron chi connectivity index (χ3n) is 3.50. The highest BCUT2D eigenvalue weighted by Crippen LogP contribution is 2.42. The number of esters is 1. The fourth-order valence-electron chi connectivity index (χ4n) is 2.25. The van der Waals surface area contributed by atoms with Crippen LogP contribution in [0.1, 0.15) is 29.8 Å². The quantitative estimate of drug-likeness (QED) is 0.220. The number of halogens is 2. The number of ether oxygens (including phenoxy) is 3. The van der Waals surface area contributed by atoms with Gasteiger partial charge in [0.05, 0.1) is 7.11 Å². The molecule has 10 heteroatoms. The first kappa shape index (κ1) is 23.8. The van der Waals surface area contributed by atoms with Gasteiger partial charge in [-0.05, 0) is 38.5 Å². The zero-order valence-electron chi connectivity index (χ0n) is 14.8. The lowest BCUT2D eigenvalue weighted by Gasteiger charge is -2.32. The lowest BCUT2D eigenvalue weighted by molar-refractivity contribution is -0.167. The second-order valence-corrected chi connectivity index (χ2v) is 9.45. The van der Waals surface area contributed by atoms with E-state index in [0.717, 1.165) is 11.4 Å². The molecule has 0 N–H and O–H groups in total. The summed E-state index contributed by atoms with van der Waals surface area (Å²) in [6.07, 6.45) is -1.27. The monoisotopic (exact) mass is 457 g/mol. The molecule has 144 valence electrons. The van der Waals surface area contributed by atoms with Crippen LogP contribution in [0.3, 0.4) is 0 Å². The van der Waals surface area contributed by atoms with E-state index in [2.05, 4.69) is 0 Å². The third kappa shape index (κ3) is 5.16. The molecule has 0 radical (unpaired) electrons. The van der Waals surface area contributed by atoms with Crippen LogP contribution in [-0.4, -0.2) is 43.1 Å². The molecule has 0 aliphatic carbocycles. The van der Waals surface area contributed by atoms with Crippen molar-refractivity contribution in [3.05, 3.63) is 33.3 Å². The maximum atomic E-state index is 13.2. The lowest BCUT2D eigenvalue weighted by Crippen LogP contribution is -2.54. The summed E-state index contributed by atoms with van der Waals surface area (Å²) in [6.45, 7) is 5.34. The van der Waals surface area contributed by atoms with Crippen molar-refractivity contribution >= 4 is 64.7 Å². The van der Waals surface area contributed by atoms with Gasteiger partial charge in [0, 0.05) is 28.8 Å². The van der Waals surface area contributed by atoms with E-state index in [-0.39, 0.29) is 25.3 Å². The van der Waals surface area contributed by atoms with E-state index in [9.17, 15) is 9.59 Å². The van der Waals surface area contributed by atoms with Gasteiger partial charge in [-0.15, -0.1) is 0 Å². The molecule has 1 aromatic carbocycles. The predicted molar refractivity (Wildman–Crippen MR) is 111 cm³/mol. The smallest absolute Gasteiger partial charge is 0.356 e. The summed E-state index contributed by atoms with van der Waals surface area (Å²) in [5.41, 5.74) is 0.869. The third-order valence-corrected chi connectivity index (χ3v) is 7.08. The van der Waals surface area contributed by atoms with Crippen molar-refractivity contribution in [1.82, 2.24) is 0 Å². The fourth-order valence-corrected chi connectivity index (χ4v) is 5.72. The number of benzene rings is 1. The molecule has 0 amide bonds. The van der Waals surface area contributed by atoms with Gasteiger partial charge < -0.3 is 14.2 Å². The van der Waals surface area contributed by atoms with Crippen molar-refractivity contribution < 1.29 is 23.8 Å². The van der Waals surface area contributed by atoms with E-state index in [1.54, 1.807) is 20.8 Å². The van der Waals surface area contributed by atoms with E-state index in [0.29, 0.717) is 15.6 Å². The molecule has 0 bridgehead atoms. The number of rotatable bonds is 10. The Morgan fingerprint density at radius 2 is 1.85 bits per heavy atom. The van der Waals surface area contributed by atoms with Crippen molar-refractivity contribution in [1.29, 1.82) is 0 Å². The van der Waals surface area contributed by atoms with Crippen LogP contribution in [0.5, 0.6) is 0 Å². The molecule has 0 fully saturated rings. The van der Waals surface area contributed by atoms with E-state index in [1.807, 2.05) is 0 Å². The topological polar surface area (TPSA) is 61.8 Å². The Kier molecular flexibility index (Phi) is 9.97. The van der Waals surface area contributed by atoms with Crippen LogP contribution in [0.25, 0.3) is 0 Å². The van der Waals surface area contributed by atoms with Crippen LogP contribution in [0.4, 0.5) is 0 Å². The highest BCUT2D eigenvalue weighted by molar-refractivity contribution is 8.58. The maximum absolute atomic E-state index is 13.2. The summed E-state index contributed by atoms with van der Waals surface area (Å²) in [6, 6.07) is 2.98. The first-order valence-corrected chi connectivity index (χ1v) is 12.1. The summed E-state index contributed by atoms with van der Waals surface area (Å²) in [7, 11) is 1.22. The SMILES string of the molecule is CCOC(C(=O)c1cc(Cl)c(C)c(Cl)c1)C(OCC)(S[PH+]=S)C(=O)OC. The number of methoxy groups -OCH3 is 1. The van der Waals surface area contributed by atoms with Crippen LogP contribution in [0.2, 0.25) is 10.0 Å². The van der Waals surface area contributed by atoms with E-state index in [1.165, 1.54) is 19.2 Å². The molecule has 1 rings (SSSR count). The molecule has 0 aromatic heterocycles. The summed E-state index contributed by atoms with van der Waals surface area (Å²) < 4.78 is 16.2. The van der Waals surface area contributed by atoms with E-state index >= 15 is 0 Å². The standard InChI is InChI=1S/C16H19Cl2O5PS2/c1-5-22-14(16(23-6-2,26-24-25)15(20)21-4)13(19)10-7-11(17)9(3)12(18)8-10/h7-8,14H,5-6H2,1-4H3/p+1. The van der Waals surface area contributed by atoms with Crippen molar-refractivity contribution in [2.24, 2.45) is 0 Å². The molecule has 1 aromatic rings. The van der Waals surface area contributed by atoms with Gasteiger partial charge in [0.15, 0.2) is 23.7 Å². The molecule has 0 aliphatic rings. The fraction of sp³-hybridized carbons (Fsp3) is 0.500. The molecule has 0 saturated heterocycles. The molecule has 26 heavy (non-hydrogen) atoms. The average molecular weight is 458 g/mol. The van der Waals surface area contributed by atoms with E-state index in [4.69, 9.17) is 49.2 Å². The second kappa shape index (κ2) is 10.9. The highest BCUT2D eigenvalue weighted by Gasteiger charge is 2.56. The van der Waals surface area contributed by atoms with Gasteiger partial charge >= 0.3 is 5.97 Å². The molecule has 0 spiro atoms. The van der Waals surface area contributed by atoms with Gasteiger partial charge in [0.1, 0.15) is 11.4 Å². The highest BCUT2D eigenvalue weighted by atomic mass is 35.5. The molecule has 0 heterocycles. The summed E-state index contributed by atoms with van der Waals surface area (Å²) in [4.78, 5) is 24.0. The Labute approximate surface area is 173 Å². The first-order valence-electron chi connectivity index (χ1n) is 7.67. The molecule has 3 atom stereocenters. The van der Waals surface area contributed by atoms with Gasteiger partial charge in [-0.25, -0.2) is 4.79 Å². The maximum Gasteiger partial charge on any atom is 0.356 e. The predicted octanol–water partition coefficient (Wildman–Crippen LogP) is 4.58. The molecule has 5 nitrogen and oxygen atoms in total. The minimum Gasteiger partial charge on any atom is -0.466 e. The normalized spacial score (nSPS) is 14.7. The number of hydrogen-bond acceptors (Lipinski definition) is 7. The Bertz CT molecular complexity index is 666. The van der Waals surface area contributed by atoms with Gasteiger partial charge in [-0.3, -0.25) is 4.79 Å². The Morgan fingerprint density at radius 1 is 1.27 bits per heavy atom. The number of Topliss-reactive ketones (excluding diaryl/α,β-unsaturated/α-hetero) is 1. The van der Waals surface area contributed by atoms with Gasteiger partial charge in [0.25, 0.3) is 4.93 Å². The number of carbonyl (C=O) groups excluding carboxylic acids is 2. The van der Waals surface area contributed by atoms with Crippen LogP contribution in [0.15, 0.2) is 12.1 Å². The number of carbonyl (C=O) groups is 2. The van der Waals surface area contributed by atoms with Crippen molar-refractivity contribution in [2.45, 2.75) is 31.8 Å². The summed E-state index contributed by atoms with van der Waals surface area (Å²) in [5.74, 6) is -1.23. The van der Waals surface area contributed by atoms with Crippen LogP contribution < -0.4 is 0 Å². The first-order chi connectivity index (χ1) is 12.3. The van der Waals surface area contributed by atoms with Crippen LogP contribution >= 0.6 is 41.1 Å². The van der Waals surface area contributed by atoms with Crippen molar-refractivity contribution in [3.8, 4) is 0 Å². The molecule has 3 unspecified atom stereocenters. The molecular formula is C16H20Cl2O5PS2+. The molecular weight excluding hydrogens is 438 g/mol. The summed E-state index contributed by atoms with van der Waals surface area (Å²) >= 11 is 18.3. The van der Waals surface area contributed by atoms with Gasteiger partial charge in [0.2, 0.25) is 6.56 Å². The van der Waals surface area contributed by atoms with E-state index < -0.39 is 22.8 Å².